The maximum atomic E-state index is 5.24. The van der Waals surface area contributed by atoms with Crippen LogP contribution in [0, 0.1) is 0 Å². The van der Waals surface area contributed by atoms with Gasteiger partial charge in [0.1, 0.15) is 5.60 Å². The van der Waals surface area contributed by atoms with Gasteiger partial charge in [-0.25, -0.2) is 0 Å². The molecule has 0 spiro atoms. The molecular formula is C8H16ClN3O. The molecule has 1 aliphatic rings. The first-order valence-electron chi connectivity index (χ1n) is 4.03. The lowest BCUT2D eigenvalue weighted by Crippen LogP contribution is -2.29. The summed E-state index contributed by atoms with van der Waals surface area (Å²) in [6.45, 7) is 7.28. The van der Waals surface area contributed by atoms with E-state index in [0.29, 0.717) is 6.54 Å². The van der Waals surface area contributed by atoms with E-state index in [9.17, 15) is 0 Å². The summed E-state index contributed by atoms with van der Waals surface area (Å²) in [5.41, 5.74) is 0.723. The van der Waals surface area contributed by atoms with Crippen molar-refractivity contribution in [2.45, 2.75) is 26.4 Å². The monoisotopic (exact) mass is 205 g/mol. The van der Waals surface area contributed by atoms with Crippen LogP contribution in [0.2, 0.25) is 0 Å². The summed E-state index contributed by atoms with van der Waals surface area (Å²) in [5, 5.41) is 6.96. The lowest BCUT2D eigenvalue weighted by Gasteiger charge is -2.17. The van der Waals surface area contributed by atoms with E-state index in [1.807, 2.05) is 20.8 Å². The van der Waals surface area contributed by atoms with Gasteiger partial charge in [0.05, 0.1) is 25.1 Å². The van der Waals surface area contributed by atoms with Crippen LogP contribution in [0.1, 0.15) is 20.8 Å². The minimum atomic E-state index is -0.214. The van der Waals surface area contributed by atoms with Gasteiger partial charge in [0.2, 0.25) is 0 Å². The van der Waals surface area contributed by atoms with E-state index in [1.54, 1.807) is 6.34 Å². The van der Waals surface area contributed by atoms with Crippen LogP contribution in [0.4, 0.5) is 0 Å². The number of nitrogens with zero attached hydrogens (tertiary/aromatic N) is 2. The third-order valence-corrected chi connectivity index (χ3v) is 1.21. The summed E-state index contributed by atoms with van der Waals surface area (Å²) in [7, 11) is 0. The first kappa shape index (κ1) is 12.2. The number of nitrogens with one attached hydrogen (secondary N) is 1. The third kappa shape index (κ3) is 5.47. The van der Waals surface area contributed by atoms with Crippen molar-refractivity contribution in [3.63, 3.8) is 0 Å². The molecule has 0 aromatic heterocycles. The molecule has 0 aromatic rings. The Hall–Kier alpha value is -0.770. The first-order chi connectivity index (χ1) is 5.58. The molecule has 1 heterocycles. The molecule has 0 amide bonds. The molecule has 0 atom stereocenters. The van der Waals surface area contributed by atoms with Crippen LogP contribution in [0.5, 0.6) is 0 Å². The Balaban J connectivity index is 0.00000144. The third-order valence-electron chi connectivity index (χ3n) is 1.21. The topological polar surface area (TPSA) is 46.0 Å². The molecule has 76 valence electrons. The normalized spacial score (nSPS) is 19.2. The van der Waals surface area contributed by atoms with Crippen LogP contribution in [0.3, 0.4) is 0 Å². The molecule has 0 unspecified atom stereocenters. The average Bonchev–Trinajstić information content (AvgIpc) is 2.02. The van der Waals surface area contributed by atoms with Crippen LogP contribution in [0.15, 0.2) is 10.1 Å². The van der Waals surface area contributed by atoms with E-state index in [-0.39, 0.29) is 18.0 Å². The molecule has 1 N–H and O–H groups in total. The van der Waals surface area contributed by atoms with Gasteiger partial charge >= 0.3 is 0 Å². The highest BCUT2D eigenvalue weighted by Crippen LogP contribution is 2.07. The smallest absolute Gasteiger partial charge is 0.129 e. The van der Waals surface area contributed by atoms with Gasteiger partial charge in [-0.05, 0) is 20.8 Å². The van der Waals surface area contributed by atoms with E-state index in [1.165, 1.54) is 0 Å². The second-order valence-electron chi connectivity index (χ2n) is 3.71. The fraction of sp³-hybridized carbons (Fsp3) is 0.750. The minimum Gasteiger partial charge on any atom is -0.390 e. The molecule has 0 saturated carbocycles. The summed E-state index contributed by atoms with van der Waals surface area (Å²) >= 11 is 0. The molecular weight excluding hydrogens is 190 g/mol. The highest BCUT2D eigenvalue weighted by molar-refractivity contribution is 5.92. The minimum absolute atomic E-state index is 0. The molecule has 0 bridgehead atoms. The zero-order chi connectivity index (χ0) is 9.03. The summed E-state index contributed by atoms with van der Waals surface area (Å²) in [4.78, 5) is 9.26. The van der Waals surface area contributed by atoms with Crippen molar-refractivity contribution < 1.29 is 4.84 Å². The molecule has 13 heavy (non-hydrogen) atoms. The molecule has 1 rings (SSSR count). The SMILES string of the molecule is CC(C)(C)ON=C1CN=CNC1.Cl. The Bertz CT molecular complexity index is 208. The number of oxime groups is 1. The molecule has 5 heteroatoms. The molecule has 0 aromatic carbocycles. The van der Waals surface area contributed by atoms with Crippen molar-refractivity contribution in [3.05, 3.63) is 0 Å². The Morgan fingerprint density at radius 1 is 1.54 bits per heavy atom. The first-order valence-corrected chi connectivity index (χ1v) is 4.03. The number of rotatable bonds is 1. The summed E-state index contributed by atoms with van der Waals surface area (Å²) < 4.78 is 0. The van der Waals surface area contributed by atoms with Crippen LogP contribution in [0.25, 0.3) is 0 Å². The van der Waals surface area contributed by atoms with Crippen LogP contribution >= 0.6 is 12.4 Å². The Morgan fingerprint density at radius 3 is 2.69 bits per heavy atom. The van der Waals surface area contributed by atoms with Crippen molar-refractivity contribution in [3.8, 4) is 0 Å². The van der Waals surface area contributed by atoms with Crippen LogP contribution < -0.4 is 5.32 Å². The molecule has 1 aliphatic heterocycles. The van der Waals surface area contributed by atoms with E-state index in [0.717, 1.165) is 12.3 Å². The fourth-order valence-corrected chi connectivity index (χ4v) is 0.698. The van der Waals surface area contributed by atoms with E-state index < -0.39 is 0 Å². The van der Waals surface area contributed by atoms with Gasteiger partial charge in [-0.3, -0.25) is 4.99 Å². The van der Waals surface area contributed by atoms with Gasteiger partial charge in [-0.15, -0.1) is 12.4 Å². The standard InChI is InChI=1S/C8H15N3O.ClH/c1-8(2,3)12-11-7-4-9-6-10-5-7;/h6H,4-5H2,1-3H3,(H,9,10);1H. The maximum absolute atomic E-state index is 5.24. The molecule has 0 aliphatic carbocycles. The van der Waals surface area contributed by atoms with E-state index in [2.05, 4.69) is 15.5 Å². The number of hydrogen-bond acceptors (Lipinski definition) is 4. The van der Waals surface area contributed by atoms with Gasteiger partial charge in [-0.1, -0.05) is 5.16 Å². The Kier molecular flexibility index (Phi) is 4.77. The Labute approximate surface area is 84.8 Å². The van der Waals surface area contributed by atoms with Crippen molar-refractivity contribution in [1.82, 2.24) is 5.32 Å². The lowest BCUT2D eigenvalue weighted by atomic mass is 10.2. The van der Waals surface area contributed by atoms with Crippen LogP contribution in [-0.2, 0) is 4.84 Å². The van der Waals surface area contributed by atoms with Gasteiger partial charge < -0.3 is 10.2 Å². The number of hydrogen-bond donors (Lipinski definition) is 1. The number of aliphatic imine (C=N–C) groups is 1. The van der Waals surface area contributed by atoms with Gasteiger partial charge in [-0.2, -0.15) is 0 Å². The molecule has 0 radical (unpaired) electrons. The maximum Gasteiger partial charge on any atom is 0.129 e. The quantitative estimate of drug-likeness (QED) is 0.655. The molecule has 0 saturated heterocycles. The number of halogens is 1. The van der Waals surface area contributed by atoms with Gasteiger partial charge in [0.25, 0.3) is 0 Å². The van der Waals surface area contributed by atoms with Crippen molar-refractivity contribution in [2.24, 2.45) is 10.1 Å². The highest BCUT2D eigenvalue weighted by atomic mass is 35.5. The predicted octanol–water partition coefficient (Wildman–Crippen LogP) is 1.21. The second-order valence-corrected chi connectivity index (χ2v) is 3.71. The second kappa shape index (κ2) is 5.07. The van der Waals surface area contributed by atoms with Gasteiger partial charge in [0, 0.05) is 0 Å². The summed E-state index contributed by atoms with van der Waals surface area (Å²) in [6, 6.07) is 0. The Morgan fingerprint density at radius 2 is 2.23 bits per heavy atom. The van der Waals surface area contributed by atoms with Crippen molar-refractivity contribution in [1.29, 1.82) is 0 Å². The van der Waals surface area contributed by atoms with E-state index in [4.69, 9.17) is 4.84 Å². The highest BCUT2D eigenvalue weighted by Gasteiger charge is 2.11. The average molecular weight is 206 g/mol. The molecule has 0 fully saturated rings. The van der Waals surface area contributed by atoms with Gasteiger partial charge in [0.15, 0.2) is 0 Å². The summed E-state index contributed by atoms with van der Waals surface area (Å²) in [6.07, 6.45) is 1.69. The van der Waals surface area contributed by atoms with Crippen LogP contribution in [-0.4, -0.2) is 30.7 Å². The van der Waals surface area contributed by atoms with Crippen molar-refractivity contribution >= 4 is 24.5 Å². The zero-order valence-electron chi connectivity index (χ0n) is 8.20. The van der Waals surface area contributed by atoms with Crippen molar-refractivity contribution in [2.75, 3.05) is 13.1 Å². The summed E-state index contributed by atoms with van der Waals surface area (Å²) in [5.74, 6) is 0. The largest absolute Gasteiger partial charge is 0.390 e. The fourth-order valence-electron chi connectivity index (χ4n) is 0.698. The predicted molar refractivity (Wildman–Crippen MR) is 56.9 cm³/mol. The zero-order valence-corrected chi connectivity index (χ0v) is 9.02. The lowest BCUT2D eigenvalue weighted by molar-refractivity contribution is 0.000484. The van der Waals surface area contributed by atoms with E-state index >= 15 is 0 Å². The molecule has 4 nitrogen and oxygen atoms in total.